The zero-order valence-electron chi connectivity index (χ0n) is 10.7. The Morgan fingerprint density at radius 3 is 2.89 bits per heavy atom. The lowest BCUT2D eigenvalue weighted by Gasteiger charge is -2.09. The summed E-state index contributed by atoms with van der Waals surface area (Å²) in [5.74, 6) is 2.53. The largest absolute Gasteiger partial charge is 0.310 e. The minimum atomic E-state index is 0.691. The van der Waals surface area contributed by atoms with Gasteiger partial charge in [0.25, 0.3) is 0 Å². The van der Waals surface area contributed by atoms with Crippen molar-refractivity contribution in [1.82, 2.24) is 25.1 Å². The van der Waals surface area contributed by atoms with Crippen molar-refractivity contribution >= 4 is 0 Å². The number of aromatic nitrogens is 4. The van der Waals surface area contributed by atoms with E-state index in [9.17, 15) is 0 Å². The molecule has 1 aliphatic carbocycles. The van der Waals surface area contributed by atoms with E-state index in [1.165, 1.54) is 12.8 Å². The summed E-state index contributed by atoms with van der Waals surface area (Å²) in [5, 5.41) is 7.91. The Morgan fingerprint density at radius 2 is 2.22 bits per heavy atom. The molecule has 2 aromatic heterocycles. The fraction of sp³-hybridized carbons (Fsp3) is 0.462. The molecule has 1 aliphatic rings. The molecule has 0 spiro atoms. The highest BCUT2D eigenvalue weighted by molar-refractivity contribution is 5.33. The molecule has 0 unspecified atom stereocenters. The van der Waals surface area contributed by atoms with E-state index in [4.69, 9.17) is 0 Å². The van der Waals surface area contributed by atoms with E-state index in [1.54, 1.807) is 6.20 Å². The molecule has 0 saturated heterocycles. The monoisotopic (exact) mass is 243 g/mol. The van der Waals surface area contributed by atoms with Crippen molar-refractivity contribution in [1.29, 1.82) is 0 Å². The molecule has 0 aliphatic heterocycles. The molecular formula is C13H17N5. The van der Waals surface area contributed by atoms with Crippen LogP contribution in [-0.2, 0) is 6.54 Å². The van der Waals surface area contributed by atoms with Crippen molar-refractivity contribution in [3.63, 3.8) is 0 Å². The summed E-state index contributed by atoms with van der Waals surface area (Å²) in [4.78, 5) is 8.77. The van der Waals surface area contributed by atoms with Gasteiger partial charge in [0.1, 0.15) is 11.6 Å². The van der Waals surface area contributed by atoms with Gasteiger partial charge in [-0.25, -0.2) is 9.97 Å². The van der Waals surface area contributed by atoms with Crippen LogP contribution in [0.4, 0.5) is 0 Å². The van der Waals surface area contributed by atoms with Crippen molar-refractivity contribution in [3.05, 3.63) is 35.5 Å². The highest BCUT2D eigenvalue weighted by Gasteiger charge is 2.21. The summed E-state index contributed by atoms with van der Waals surface area (Å²) in [6.07, 6.45) is 4.38. The first-order valence-electron chi connectivity index (χ1n) is 6.32. The molecule has 5 nitrogen and oxygen atoms in total. The average molecular weight is 243 g/mol. The van der Waals surface area contributed by atoms with Crippen molar-refractivity contribution < 1.29 is 0 Å². The van der Waals surface area contributed by atoms with Crippen molar-refractivity contribution in [2.75, 3.05) is 0 Å². The van der Waals surface area contributed by atoms with Crippen LogP contribution in [-0.4, -0.2) is 25.8 Å². The normalized spacial score (nSPS) is 15.0. The van der Waals surface area contributed by atoms with Gasteiger partial charge in [-0.05, 0) is 32.8 Å². The maximum atomic E-state index is 4.44. The van der Waals surface area contributed by atoms with E-state index in [0.29, 0.717) is 6.04 Å². The fourth-order valence-corrected chi connectivity index (χ4v) is 2.02. The van der Waals surface area contributed by atoms with Gasteiger partial charge in [-0.15, -0.1) is 5.10 Å². The minimum Gasteiger partial charge on any atom is -0.310 e. The molecule has 1 saturated carbocycles. The van der Waals surface area contributed by atoms with Crippen LogP contribution >= 0.6 is 0 Å². The molecule has 2 heterocycles. The third kappa shape index (κ3) is 2.26. The molecular weight excluding hydrogens is 226 g/mol. The average Bonchev–Trinajstić information content (AvgIpc) is 3.12. The third-order valence-electron chi connectivity index (χ3n) is 3.10. The molecule has 18 heavy (non-hydrogen) atoms. The predicted octanol–water partition coefficient (Wildman–Crippen LogP) is 1.53. The van der Waals surface area contributed by atoms with Crippen molar-refractivity contribution in [2.45, 2.75) is 39.3 Å². The van der Waals surface area contributed by atoms with Gasteiger partial charge in [0.15, 0.2) is 5.82 Å². The summed E-state index contributed by atoms with van der Waals surface area (Å²) in [6, 6.07) is 4.75. The van der Waals surface area contributed by atoms with E-state index >= 15 is 0 Å². The van der Waals surface area contributed by atoms with E-state index in [1.807, 2.05) is 24.6 Å². The molecule has 0 aromatic carbocycles. The molecule has 3 rings (SSSR count). The van der Waals surface area contributed by atoms with Crippen molar-refractivity contribution in [3.8, 4) is 5.82 Å². The molecule has 0 bridgehead atoms. The zero-order valence-corrected chi connectivity index (χ0v) is 10.7. The Balaban J connectivity index is 1.92. The quantitative estimate of drug-likeness (QED) is 0.884. The number of pyridine rings is 1. The Labute approximate surface area is 106 Å². The van der Waals surface area contributed by atoms with Crippen LogP contribution in [0.15, 0.2) is 18.3 Å². The first-order valence-corrected chi connectivity index (χ1v) is 6.32. The smallest absolute Gasteiger partial charge is 0.159 e. The Morgan fingerprint density at radius 1 is 1.39 bits per heavy atom. The Kier molecular flexibility index (Phi) is 2.83. The first-order chi connectivity index (χ1) is 8.74. The van der Waals surface area contributed by atoms with Crippen LogP contribution in [0.5, 0.6) is 0 Å². The maximum absolute atomic E-state index is 4.44. The van der Waals surface area contributed by atoms with E-state index < -0.39 is 0 Å². The fourth-order valence-electron chi connectivity index (χ4n) is 2.02. The number of nitrogens with zero attached hydrogens (tertiary/aromatic N) is 4. The number of aryl methyl sites for hydroxylation is 2. The lowest BCUT2D eigenvalue weighted by molar-refractivity contribution is 0.674. The van der Waals surface area contributed by atoms with Gasteiger partial charge < -0.3 is 5.32 Å². The first kappa shape index (κ1) is 11.3. The summed E-state index contributed by atoms with van der Waals surface area (Å²) >= 11 is 0. The zero-order chi connectivity index (χ0) is 12.5. The topological polar surface area (TPSA) is 55.6 Å². The lowest BCUT2D eigenvalue weighted by atomic mass is 10.2. The molecule has 1 fully saturated rings. The van der Waals surface area contributed by atoms with Gasteiger partial charge in [-0.2, -0.15) is 4.68 Å². The summed E-state index contributed by atoms with van der Waals surface area (Å²) in [6.45, 7) is 4.69. The Hall–Kier alpha value is -1.75. The highest BCUT2D eigenvalue weighted by Crippen LogP contribution is 2.20. The highest BCUT2D eigenvalue weighted by atomic mass is 15.4. The van der Waals surface area contributed by atoms with Gasteiger partial charge in [0.05, 0.1) is 0 Å². The number of nitrogens with one attached hydrogen (secondary N) is 1. The van der Waals surface area contributed by atoms with E-state index in [-0.39, 0.29) is 0 Å². The molecule has 94 valence electrons. The summed E-state index contributed by atoms with van der Waals surface area (Å²) < 4.78 is 1.82. The molecule has 5 heteroatoms. The van der Waals surface area contributed by atoms with Crippen LogP contribution in [0.25, 0.3) is 5.82 Å². The molecule has 1 N–H and O–H groups in total. The molecule has 0 amide bonds. The molecule has 0 radical (unpaired) electrons. The van der Waals surface area contributed by atoms with Crippen LogP contribution < -0.4 is 5.32 Å². The van der Waals surface area contributed by atoms with Gasteiger partial charge in [0, 0.05) is 24.3 Å². The second-order valence-electron chi connectivity index (χ2n) is 4.76. The lowest BCUT2D eigenvalue weighted by Crippen LogP contribution is -2.18. The standard InChI is InChI=1S/C13H17N5/c1-9-16-10(2)18(17-9)13-11(4-3-7-14-13)8-15-12-5-6-12/h3-4,7,12,15H,5-6,8H2,1-2H3. The van der Waals surface area contributed by atoms with Gasteiger partial charge in [0.2, 0.25) is 0 Å². The van der Waals surface area contributed by atoms with Gasteiger partial charge >= 0.3 is 0 Å². The second kappa shape index (κ2) is 4.49. The van der Waals surface area contributed by atoms with E-state index in [2.05, 4.69) is 26.4 Å². The predicted molar refractivity (Wildman–Crippen MR) is 68.5 cm³/mol. The SMILES string of the molecule is Cc1nc(C)n(-c2ncccc2CNC2CC2)n1. The van der Waals surface area contributed by atoms with Crippen molar-refractivity contribution in [2.24, 2.45) is 0 Å². The minimum absolute atomic E-state index is 0.691. The van der Waals surface area contributed by atoms with Crippen LogP contribution in [0.1, 0.15) is 30.1 Å². The number of rotatable bonds is 4. The second-order valence-corrected chi connectivity index (χ2v) is 4.76. The summed E-state index contributed by atoms with van der Waals surface area (Å²) in [5.41, 5.74) is 1.16. The number of hydrogen-bond acceptors (Lipinski definition) is 4. The maximum Gasteiger partial charge on any atom is 0.159 e. The summed E-state index contributed by atoms with van der Waals surface area (Å²) in [7, 11) is 0. The Bertz CT molecular complexity index is 556. The van der Waals surface area contributed by atoms with Crippen LogP contribution in [0.2, 0.25) is 0 Å². The van der Waals surface area contributed by atoms with Crippen LogP contribution in [0.3, 0.4) is 0 Å². The number of hydrogen-bond donors (Lipinski definition) is 1. The molecule has 0 atom stereocenters. The van der Waals surface area contributed by atoms with Gasteiger partial charge in [-0.1, -0.05) is 6.07 Å². The van der Waals surface area contributed by atoms with E-state index in [0.717, 1.165) is 29.6 Å². The van der Waals surface area contributed by atoms with Crippen LogP contribution in [0, 0.1) is 13.8 Å². The third-order valence-corrected chi connectivity index (χ3v) is 3.10. The molecule has 2 aromatic rings. The van der Waals surface area contributed by atoms with Gasteiger partial charge in [-0.3, -0.25) is 0 Å².